The summed E-state index contributed by atoms with van der Waals surface area (Å²) in [4.78, 5) is 12.1. The number of hydrogen-bond acceptors (Lipinski definition) is 4. The van der Waals surface area contributed by atoms with E-state index in [2.05, 4.69) is 5.32 Å². The van der Waals surface area contributed by atoms with Crippen molar-refractivity contribution in [3.05, 3.63) is 59.9 Å². The number of fused-ring (bicyclic) bond motifs is 1. The second-order valence-electron chi connectivity index (χ2n) is 5.77. The van der Waals surface area contributed by atoms with Crippen LogP contribution in [0.3, 0.4) is 0 Å². The molecular formula is C20H16F3NO4. The molecule has 3 rings (SSSR count). The van der Waals surface area contributed by atoms with Crippen molar-refractivity contribution in [2.75, 3.05) is 19.5 Å². The molecule has 0 aliphatic rings. The first-order valence-corrected chi connectivity index (χ1v) is 8.12. The van der Waals surface area contributed by atoms with E-state index in [0.29, 0.717) is 28.0 Å². The molecule has 28 heavy (non-hydrogen) atoms. The largest absolute Gasteiger partial charge is 0.495 e. The van der Waals surface area contributed by atoms with Crippen LogP contribution in [-0.2, 0) is 11.0 Å². The summed E-state index contributed by atoms with van der Waals surface area (Å²) < 4.78 is 54.4. The third kappa shape index (κ3) is 3.95. The van der Waals surface area contributed by atoms with Gasteiger partial charge in [-0.2, -0.15) is 13.2 Å². The zero-order valence-electron chi connectivity index (χ0n) is 15.0. The molecule has 0 bridgehead atoms. The van der Waals surface area contributed by atoms with Gasteiger partial charge in [0, 0.05) is 17.3 Å². The van der Waals surface area contributed by atoms with E-state index in [1.165, 1.54) is 44.8 Å². The van der Waals surface area contributed by atoms with Crippen LogP contribution in [0, 0.1) is 0 Å². The average molecular weight is 391 g/mol. The first kappa shape index (κ1) is 19.3. The van der Waals surface area contributed by atoms with Crippen molar-refractivity contribution in [2.45, 2.75) is 6.18 Å². The molecule has 1 aromatic heterocycles. The lowest BCUT2D eigenvalue weighted by atomic mass is 10.1. The Kier molecular flexibility index (Phi) is 5.30. The molecule has 0 unspecified atom stereocenters. The highest BCUT2D eigenvalue weighted by molar-refractivity contribution is 6.03. The first-order valence-electron chi connectivity index (χ1n) is 8.12. The van der Waals surface area contributed by atoms with Gasteiger partial charge in [-0.3, -0.25) is 4.79 Å². The molecule has 0 saturated carbocycles. The van der Waals surface area contributed by atoms with Crippen molar-refractivity contribution in [2.24, 2.45) is 0 Å². The van der Waals surface area contributed by atoms with Gasteiger partial charge in [-0.25, -0.2) is 0 Å². The van der Waals surface area contributed by atoms with Crippen LogP contribution in [0.5, 0.6) is 11.5 Å². The Morgan fingerprint density at radius 1 is 1.14 bits per heavy atom. The van der Waals surface area contributed by atoms with Gasteiger partial charge in [-0.1, -0.05) is 6.07 Å². The summed E-state index contributed by atoms with van der Waals surface area (Å²) in [6.45, 7) is 0. The zero-order chi connectivity index (χ0) is 20.3. The van der Waals surface area contributed by atoms with Crippen molar-refractivity contribution >= 4 is 28.6 Å². The van der Waals surface area contributed by atoms with Gasteiger partial charge in [0.25, 0.3) is 0 Å². The Labute approximate surface area is 158 Å². The van der Waals surface area contributed by atoms with Crippen LogP contribution in [-0.4, -0.2) is 20.1 Å². The lowest BCUT2D eigenvalue weighted by molar-refractivity contribution is -0.137. The summed E-state index contributed by atoms with van der Waals surface area (Å²) >= 11 is 0. The topological polar surface area (TPSA) is 60.7 Å². The van der Waals surface area contributed by atoms with E-state index in [4.69, 9.17) is 13.9 Å². The lowest BCUT2D eigenvalue weighted by Gasteiger charge is -2.10. The molecule has 0 aliphatic heterocycles. The molecule has 1 heterocycles. The molecule has 0 saturated heterocycles. The van der Waals surface area contributed by atoms with Crippen molar-refractivity contribution in [1.29, 1.82) is 0 Å². The number of alkyl halides is 3. The van der Waals surface area contributed by atoms with Crippen LogP contribution in [0.25, 0.3) is 17.0 Å². The van der Waals surface area contributed by atoms with Gasteiger partial charge < -0.3 is 19.2 Å². The van der Waals surface area contributed by atoms with Crippen LogP contribution in [0.15, 0.2) is 53.2 Å². The Morgan fingerprint density at radius 3 is 2.61 bits per heavy atom. The predicted octanol–water partition coefficient (Wildman–Crippen LogP) is 5.12. The number of amides is 1. The number of anilines is 1. The number of carbonyl (C=O) groups excluding carboxylic acids is 1. The minimum atomic E-state index is -4.49. The highest BCUT2D eigenvalue weighted by Gasteiger charge is 2.30. The quantitative estimate of drug-likeness (QED) is 0.613. The molecule has 8 heteroatoms. The fraction of sp³-hybridized carbons (Fsp3) is 0.150. The molecule has 0 atom stereocenters. The highest BCUT2D eigenvalue weighted by atomic mass is 19.4. The molecule has 2 aromatic carbocycles. The normalized spacial score (nSPS) is 11.8. The van der Waals surface area contributed by atoms with E-state index in [0.717, 1.165) is 12.1 Å². The Morgan fingerprint density at radius 2 is 1.93 bits per heavy atom. The van der Waals surface area contributed by atoms with Gasteiger partial charge in [0.2, 0.25) is 5.91 Å². The van der Waals surface area contributed by atoms with Gasteiger partial charge in [0.15, 0.2) is 11.3 Å². The molecular weight excluding hydrogens is 375 g/mol. The average Bonchev–Trinajstić information content (AvgIpc) is 3.14. The number of furan rings is 1. The van der Waals surface area contributed by atoms with Crippen LogP contribution >= 0.6 is 0 Å². The predicted molar refractivity (Wildman–Crippen MR) is 98.4 cm³/mol. The SMILES string of the molecule is COc1c(/C=C/C(=O)Nc2cccc(C(F)(F)F)c2)cc(OC)c2occc12. The van der Waals surface area contributed by atoms with Crippen molar-refractivity contribution in [3.63, 3.8) is 0 Å². The van der Waals surface area contributed by atoms with Crippen LogP contribution in [0.2, 0.25) is 0 Å². The van der Waals surface area contributed by atoms with Gasteiger partial charge in [0.05, 0.1) is 31.4 Å². The van der Waals surface area contributed by atoms with E-state index in [1.807, 2.05) is 0 Å². The van der Waals surface area contributed by atoms with Crippen LogP contribution in [0.1, 0.15) is 11.1 Å². The fourth-order valence-corrected chi connectivity index (χ4v) is 2.73. The van der Waals surface area contributed by atoms with Crippen molar-refractivity contribution in [1.82, 2.24) is 0 Å². The third-order valence-electron chi connectivity index (χ3n) is 3.98. The number of nitrogens with one attached hydrogen (secondary N) is 1. The number of benzene rings is 2. The Bertz CT molecular complexity index is 1040. The van der Waals surface area contributed by atoms with Crippen LogP contribution < -0.4 is 14.8 Å². The van der Waals surface area contributed by atoms with E-state index in [1.54, 1.807) is 12.1 Å². The second kappa shape index (κ2) is 7.67. The number of halogens is 3. The molecule has 0 fully saturated rings. The standard InChI is InChI=1S/C20H16F3NO4/c1-26-16-10-12(18(27-2)15-8-9-28-19(15)16)6-7-17(25)24-14-5-3-4-13(11-14)20(21,22)23/h3-11H,1-2H3,(H,24,25)/b7-6+. The number of rotatable bonds is 5. The number of methoxy groups -OCH3 is 2. The zero-order valence-corrected chi connectivity index (χ0v) is 15.0. The molecule has 1 amide bonds. The monoisotopic (exact) mass is 391 g/mol. The fourth-order valence-electron chi connectivity index (χ4n) is 2.73. The summed E-state index contributed by atoms with van der Waals surface area (Å²) in [5, 5.41) is 3.07. The van der Waals surface area contributed by atoms with Gasteiger partial charge in [0.1, 0.15) is 5.75 Å². The summed E-state index contributed by atoms with van der Waals surface area (Å²) in [6, 6.07) is 7.75. The molecule has 5 nitrogen and oxygen atoms in total. The summed E-state index contributed by atoms with van der Waals surface area (Å²) in [7, 11) is 2.96. The third-order valence-corrected chi connectivity index (χ3v) is 3.98. The first-order chi connectivity index (χ1) is 13.3. The second-order valence-corrected chi connectivity index (χ2v) is 5.77. The molecule has 0 radical (unpaired) electrons. The molecule has 146 valence electrons. The van der Waals surface area contributed by atoms with E-state index in [-0.39, 0.29) is 5.69 Å². The molecule has 0 aliphatic carbocycles. The summed E-state index contributed by atoms with van der Waals surface area (Å²) in [5.74, 6) is 0.346. The van der Waals surface area contributed by atoms with Gasteiger partial charge >= 0.3 is 6.18 Å². The summed E-state index contributed by atoms with van der Waals surface area (Å²) in [6.07, 6.45) is -0.315. The Hall–Kier alpha value is -3.42. The maximum atomic E-state index is 12.8. The van der Waals surface area contributed by atoms with Crippen molar-refractivity contribution < 1.29 is 31.9 Å². The van der Waals surface area contributed by atoms with E-state index >= 15 is 0 Å². The van der Waals surface area contributed by atoms with Crippen LogP contribution in [0.4, 0.5) is 18.9 Å². The van der Waals surface area contributed by atoms with E-state index in [9.17, 15) is 18.0 Å². The minimum absolute atomic E-state index is 0.0410. The maximum absolute atomic E-state index is 12.8. The molecule has 0 spiro atoms. The number of carbonyl (C=O) groups is 1. The number of ether oxygens (including phenoxy) is 2. The molecule has 1 N–H and O–H groups in total. The van der Waals surface area contributed by atoms with Gasteiger partial charge in [-0.05, 0) is 36.4 Å². The van der Waals surface area contributed by atoms with Gasteiger partial charge in [-0.15, -0.1) is 0 Å². The summed E-state index contributed by atoms with van der Waals surface area (Å²) in [5.41, 5.74) is 0.253. The highest BCUT2D eigenvalue weighted by Crippen LogP contribution is 2.38. The minimum Gasteiger partial charge on any atom is -0.495 e. The molecule has 3 aromatic rings. The number of hydrogen-bond donors (Lipinski definition) is 1. The van der Waals surface area contributed by atoms with Crippen molar-refractivity contribution in [3.8, 4) is 11.5 Å². The lowest BCUT2D eigenvalue weighted by Crippen LogP contribution is -2.10. The van der Waals surface area contributed by atoms with E-state index < -0.39 is 17.6 Å². The maximum Gasteiger partial charge on any atom is 0.416 e. The Balaban J connectivity index is 1.85. The smallest absolute Gasteiger partial charge is 0.416 e.